The summed E-state index contributed by atoms with van der Waals surface area (Å²) in [6.07, 6.45) is 3.93. The molecular weight excluding hydrogens is 192 g/mol. The Kier molecular flexibility index (Phi) is 2.88. The van der Waals surface area contributed by atoms with Crippen molar-refractivity contribution in [1.29, 1.82) is 0 Å². The quantitative estimate of drug-likeness (QED) is 0.832. The number of nitrogens with two attached hydrogens (primary N) is 1. The Balaban J connectivity index is 2.07. The summed E-state index contributed by atoms with van der Waals surface area (Å²) < 4.78 is 0. The van der Waals surface area contributed by atoms with Crippen molar-refractivity contribution < 1.29 is 0 Å². The first-order chi connectivity index (χ1) is 6.68. The lowest BCUT2D eigenvalue weighted by molar-refractivity contribution is 0.264. The second-order valence-electron chi connectivity index (χ2n) is 4.48. The van der Waals surface area contributed by atoms with Gasteiger partial charge < -0.3 is 5.73 Å². The molecule has 3 heteroatoms. The van der Waals surface area contributed by atoms with E-state index < -0.39 is 0 Å². The van der Waals surface area contributed by atoms with Crippen LogP contribution >= 0.6 is 11.3 Å². The molecule has 1 aromatic heterocycles. The van der Waals surface area contributed by atoms with E-state index in [1.54, 1.807) is 11.3 Å². The molecular formula is C11H18N2S. The van der Waals surface area contributed by atoms with Crippen LogP contribution in [0.4, 0.5) is 0 Å². The van der Waals surface area contributed by atoms with Crippen molar-refractivity contribution in [2.24, 2.45) is 11.7 Å². The van der Waals surface area contributed by atoms with E-state index in [0.717, 1.165) is 5.01 Å². The summed E-state index contributed by atoms with van der Waals surface area (Å²) >= 11 is 1.73. The number of rotatable bonds is 3. The maximum atomic E-state index is 6.16. The molecule has 1 aliphatic carbocycles. The molecule has 1 aromatic rings. The first-order valence-electron chi connectivity index (χ1n) is 5.39. The molecule has 0 radical (unpaired) electrons. The smallest absolute Gasteiger partial charge is 0.110 e. The molecule has 0 spiro atoms. The predicted molar refractivity (Wildman–Crippen MR) is 60.5 cm³/mol. The van der Waals surface area contributed by atoms with Gasteiger partial charge in [-0.15, -0.1) is 11.3 Å². The van der Waals surface area contributed by atoms with Gasteiger partial charge in [-0.3, -0.25) is 0 Å². The fourth-order valence-corrected chi connectivity index (χ4v) is 2.79. The zero-order valence-corrected chi connectivity index (χ0v) is 9.68. The minimum atomic E-state index is 0.196. The number of hydrogen-bond acceptors (Lipinski definition) is 3. The molecule has 0 amide bonds. The highest BCUT2D eigenvalue weighted by Crippen LogP contribution is 2.37. The van der Waals surface area contributed by atoms with E-state index in [2.05, 4.69) is 24.2 Å². The molecule has 0 aromatic carbocycles. The van der Waals surface area contributed by atoms with E-state index in [0.29, 0.717) is 11.8 Å². The normalized spacial score (nSPS) is 19.7. The first kappa shape index (κ1) is 10.1. The summed E-state index contributed by atoms with van der Waals surface area (Å²) in [6, 6.07) is 0.196. The molecule has 78 valence electrons. The molecule has 2 nitrogen and oxygen atoms in total. The van der Waals surface area contributed by atoms with Crippen LogP contribution in [0.2, 0.25) is 0 Å². The molecule has 1 fully saturated rings. The van der Waals surface area contributed by atoms with Crippen LogP contribution in [0.3, 0.4) is 0 Å². The van der Waals surface area contributed by atoms with Crippen LogP contribution in [0.25, 0.3) is 0 Å². The summed E-state index contributed by atoms with van der Waals surface area (Å²) in [6.45, 7) is 4.35. The molecule has 0 saturated heterocycles. The largest absolute Gasteiger partial charge is 0.322 e. The third-order valence-electron chi connectivity index (χ3n) is 3.07. The van der Waals surface area contributed by atoms with Gasteiger partial charge in [0.2, 0.25) is 0 Å². The minimum Gasteiger partial charge on any atom is -0.322 e. The zero-order chi connectivity index (χ0) is 10.1. The molecule has 1 heterocycles. The Bertz CT molecular complexity index is 302. The Hall–Kier alpha value is -0.410. The van der Waals surface area contributed by atoms with Crippen molar-refractivity contribution in [2.75, 3.05) is 0 Å². The van der Waals surface area contributed by atoms with Gasteiger partial charge in [-0.05, 0) is 24.7 Å². The topological polar surface area (TPSA) is 38.9 Å². The standard InChI is InChI=1S/C11H18N2S/c1-7(2)9-6-14-11(13-9)10(12)8-4-3-5-8/h6-8,10H,3-5,12H2,1-2H3. The van der Waals surface area contributed by atoms with Crippen molar-refractivity contribution in [3.63, 3.8) is 0 Å². The molecule has 1 unspecified atom stereocenters. The molecule has 2 N–H and O–H groups in total. The van der Waals surface area contributed by atoms with Crippen LogP contribution < -0.4 is 5.73 Å². The maximum Gasteiger partial charge on any atom is 0.110 e. The highest BCUT2D eigenvalue weighted by atomic mass is 32.1. The van der Waals surface area contributed by atoms with E-state index >= 15 is 0 Å². The summed E-state index contributed by atoms with van der Waals surface area (Å²) in [4.78, 5) is 4.61. The number of aromatic nitrogens is 1. The minimum absolute atomic E-state index is 0.196. The lowest BCUT2D eigenvalue weighted by atomic mass is 9.80. The van der Waals surface area contributed by atoms with Crippen molar-refractivity contribution in [2.45, 2.75) is 45.1 Å². The summed E-state index contributed by atoms with van der Waals surface area (Å²) in [5, 5.41) is 3.29. The van der Waals surface area contributed by atoms with Crippen molar-refractivity contribution in [3.05, 3.63) is 16.1 Å². The molecule has 1 saturated carbocycles. The fourth-order valence-electron chi connectivity index (χ4n) is 1.72. The fraction of sp³-hybridized carbons (Fsp3) is 0.727. The molecule has 0 bridgehead atoms. The van der Waals surface area contributed by atoms with Gasteiger partial charge in [0, 0.05) is 5.38 Å². The molecule has 1 atom stereocenters. The average molecular weight is 210 g/mol. The van der Waals surface area contributed by atoms with E-state index in [9.17, 15) is 0 Å². The lowest BCUT2D eigenvalue weighted by Gasteiger charge is -2.29. The zero-order valence-electron chi connectivity index (χ0n) is 8.86. The number of thiazole rings is 1. The summed E-state index contributed by atoms with van der Waals surface area (Å²) in [7, 11) is 0. The van der Waals surface area contributed by atoms with Gasteiger partial charge in [-0.25, -0.2) is 4.98 Å². The third kappa shape index (κ3) is 1.84. The Labute approximate surface area is 89.5 Å². The van der Waals surface area contributed by atoms with Crippen LogP contribution in [0.1, 0.15) is 55.8 Å². The van der Waals surface area contributed by atoms with E-state index in [1.807, 2.05) is 0 Å². The van der Waals surface area contributed by atoms with Gasteiger partial charge in [0.1, 0.15) is 5.01 Å². The monoisotopic (exact) mass is 210 g/mol. The molecule has 0 aliphatic heterocycles. The van der Waals surface area contributed by atoms with E-state index in [-0.39, 0.29) is 6.04 Å². The second-order valence-corrected chi connectivity index (χ2v) is 5.37. The van der Waals surface area contributed by atoms with Crippen LogP contribution in [0, 0.1) is 5.92 Å². The lowest BCUT2D eigenvalue weighted by Crippen LogP contribution is -2.26. The van der Waals surface area contributed by atoms with Gasteiger partial charge in [0.05, 0.1) is 11.7 Å². The van der Waals surface area contributed by atoms with Gasteiger partial charge in [-0.1, -0.05) is 20.3 Å². The molecule has 1 aliphatic rings. The SMILES string of the molecule is CC(C)c1csc(C(N)C2CCC2)n1. The van der Waals surface area contributed by atoms with Crippen LogP contribution in [-0.2, 0) is 0 Å². The first-order valence-corrected chi connectivity index (χ1v) is 6.27. The van der Waals surface area contributed by atoms with E-state index in [4.69, 9.17) is 5.73 Å². The number of nitrogens with zero attached hydrogens (tertiary/aromatic N) is 1. The van der Waals surface area contributed by atoms with Crippen molar-refractivity contribution in [1.82, 2.24) is 4.98 Å². The Morgan fingerprint density at radius 1 is 1.50 bits per heavy atom. The third-order valence-corrected chi connectivity index (χ3v) is 4.04. The van der Waals surface area contributed by atoms with E-state index in [1.165, 1.54) is 25.0 Å². The van der Waals surface area contributed by atoms with Crippen molar-refractivity contribution >= 4 is 11.3 Å². The second kappa shape index (κ2) is 3.99. The number of hydrogen-bond donors (Lipinski definition) is 1. The maximum absolute atomic E-state index is 6.16. The van der Waals surface area contributed by atoms with Crippen LogP contribution in [0.5, 0.6) is 0 Å². The predicted octanol–water partition coefficient (Wildman–Crippen LogP) is 3.07. The Morgan fingerprint density at radius 3 is 2.64 bits per heavy atom. The van der Waals surface area contributed by atoms with Crippen LogP contribution in [-0.4, -0.2) is 4.98 Å². The van der Waals surface area contributed by atoms with Crippen molar-refractivity contribution in [3.8, 4) is 0 Å². The van der Waals surface area contributed by atoms with Gasteiger partial charge >= 0.3 is 0 Å². The van der Waals surface area contributed by atoms with Gasteiger partial charge in [0.25, 0.3) is 0 Å². The Morgan fingerprint density at radius 2 is 2.21 bits per heavy atom. The average Bonchev–Trinajstić information content (AvgIpc) is 2.48. The van der Waals surface area contributed by atoms with Gasteiger partial charge in [-0.2, -0.15) is 0 Å². The highest BCUT2D eigenvalue weighted by molar-refractivity contribution is 7.09. The van der Waals surface area contributed by atoms with Crippen LogP contribution in [0.15, 0.2) is 5.38 Å². The molecule has 14 heavy (non-hydrogen) atoms. The molecule has 2 rings (SSSR count). The summed E-state index contributed by atoms with van der Waals surface area (Å²) in [5.41, 5.74) is 7.36. The summed E-state index contributed by atoms with van der Waals surface area (Å²) in [5.74, 6) is 1.22. The highest BCUT2D eigenvalue weighted by Gasteiger charge is 2.27. The van der Waals surface area contributed by atoms with Gasteiger partial charge in [0.15, 0.2) is 0 Å².